The molecule has 1 aromatic heterocycles. The van der Waals surface area contributed by atoms with Crippen molar-refractivity contribution < 1.29 is 23.7 Å². The monoisotopic (exact) mass is 416 g/mol. The zero-order chi connectivity index (χ0) is 20.8. The lowest BCUT2D eigenvalue weighted by Crippen LogP contribution is -2.20. The Labute approximate surface area is 174 Å². The van der Waals surface area contributed by atoms with Crippen LogP contribution in [-0.2, 0) is 0 Å². The van der Waals surface area contributed by atoms with Gasteiger partial charge in [-0.3, -0.25) is 0 Å². The van der Waals surface area contributed by atoms with Gasteiger partial charge < -0.3 is 23.7 Å². The van der Waals surface area contributed by atoms with Crippen molar-refractivity contribution >= 4 is 11.8 Å². The average Bonchev–Trinajstić information content (AvgIpc) is 3.20. The molecule has 8 heteroatoms. The standard InChI is InChI=1S/C21H24N2O5S/c1-13-6-5-7-14(2)19(13)27-11-16(24)12-29-21-23-22-20(28-21)15-8-9-17(25-3)18(10-15)26-4/h5-10,16,24H,11-12H2,1-4H3/t16-/m0/s1. The number of aromatic nitrogens is 2. The fourth-order valence-electron chi connectivity index (χ4n) is 2.78. The zero-order valence-electron chi connectivity index (χ0n) is 16.8. The molecule has 1 heterocycles. The molecule has 0 aliphatic carbocycles. The Hall–Kier alpha value is -2.71. The van der Waals surface area contributed by atoms with E-state index >= 15 is 0 Å². The number of hydrogen-bond acceptors (Lipinski definition) is 8. The molecule has 3 rings (SSSR count). The first-order valence-electron chi connectivity index (χ1n) is 9.07. The highest BCUT2D eigenvalue weighted by atomic mass is 32.2. The van der Waals surface area contributed by atoms with Gasteiger partial charge in [0, 0.05) is 11.3 Å². The highest BCUT2D eigenvalue weighted by Crippen LogP contribution is 2.32. The van der Waals surface area contributed by atoms with Crippen molar-refractivity contribution in [2.75, 3.05) is 26.6 Å². The van der Waals surface area contributed by atoms with Gasteiger partial charge in [0.15, 0.2) is 11.5 Å². The van der Waals surface area contributed by atoms with Crippen LogP contribution in [0.5, 0.6) is 17.2 Å². The zero-order valence-corrected chi connectivity index (χ0v) is 17.7. The van der Waals surface area contributed by atoms with Gasteiger partial charge in [0.1, 0.15) is 12.4 Å². The molecule has 29 heavy (non-hydrogen) atoms. The number of para-hydroxylation sites is 1. The Morgan fingerprint density at radius 1 is 1.03 bits per heavy atom. The number of aryl methyl sites for hydroxylation is 2. The van der Waals surface area contributed by atoms with E-state index in [9.17, 15) is 5.11 Å². The molecule has 154 valence electrons. The van der Waals surface area contributed by atoms with Crippen molar-refractivity contribution in [1.82, 2.24) is 10.2 Å². The van der Waals surface area contributed by atoms with E-state index in [-0.39, 0.29) is 6.61 Å². The van der Waals surface area contributed by atoms with Crippen LogP contribution in [0, 0.1) is 13.8 Å². The van der Waals surface area contributed by atoms with Gasteiger partial charge in [-0.05, 0) is 43.2 Å². The van der Waals surface area contributed by atoms with Crippen molar-refractivity contribution in [1.29, 1.82) is 0 Å². The van der Waals surface area contributed by atoms with E-state index in [1.54, 1.807) is 26.4 Å². The predicted molar refractivity (Wildman–Crippen MR) is 111 cm³/mol. The Morgan fingerprint density at radius 2 is 1.76 bits per heavy atom. The van der Waals surface area contributed by atoms with Gasteiger partial charge in [-0.2, -0.15) is 0 Å². The number of rotatable bonds is 9. The van der Waals surface area contributed by atoms with E-state index in [4.69, 9.17) is 18.6 Å². The number of benzene rings is 2. The lowest BCUT2D eigenvalue weighted by atomic mass is 10.1. The molecule has 0 aliphatic heterocycles. The fourth-order valence-corrected chi connectivity index (χ4v) is 3.44. The van der Waals surface area contributed by atoms with E-state index in [1.165, 1.54) is 11.8 Å². The van der Waals surface area contributed by atoms with Crippen molar-refractivity contribution in [3.8, 4) is 28.7 Å². The smallest absolute Gasteiger partial charge is 0.276 e. The lowest BCUT2D eigenvalue weighted by Gasteiger charge is -2.14. The van der Waals surface area contributed by atoms with Crippen LogP contribution in [0.25, 0.3) is 11.5 Å². The number of methoxy groups -OCH3 is 2. The molecule has 0 saturated carbocycles. The topological polar surface area (TPSA) is 86.8 Å². The maximum atomic E-state index is 10.2. The highest BCUT2D eigenvalue weighted by Gasteiger charge is 2.15. The van der Waals surface area contributed by atoms with Crippen LogP contribution in [0.2, 0.25) is 0 Å². The minimum absolute atomic E-state index is 0.190. The summed E-state index contributed by atoms with van der Waals surface area (Å²) in [6.45, 7) is 4.16. The molecule has 1 N–H and O–H groups in total. The van der Waals surface area contributed by atoms with Gasteiger partial charge in [0.05, 0.1) is 20.3 Å². The number of thioether (sulfide) groups is 1. The van der Waals surface area contributed by atoms with Crippen molar-refractivity contribution in [2.24, 2.45) is 0 Å². The third-order valence-corrected chi connectivity index (χ3v) is 5.23. The maximum absolute atomic E-state index is 10.2. The average molecular weight is 416 g/mol. The van der Waals surface area contributed by atoms with E-state index in [0.29, 0.717) is 28.4 Å². The minimum atomic E-state index is -0.671. The number of hydrogen-bond donors (Lipinski definition) is 1. The van der Waals surface area contributed by atoms with Crippen LogP contribution in [0.1, 0.15) is 11.1 Å². The molecule has 0 unspecified atom stereocenters. The van der Waals surface area contributed by atoms with Gasteiger partial charge in [-0.25, -0.2) is 0 Å². The lowest BCUT2D eigenvalue weighted by molar-refractivity contribution is 0.125. The quantitative estimate of drug-likeness (QED) is 0.526. The predicted octanol–water partition coefficient (Wildman–Crippen LogP) is 3.90. The number of ether oxygens (including phenoxy) is 3. The second kappa shape index (κ2) is 9.67. The second-order valence-corrected chi connectivity index (χ2v) is 7.41. The number of aliphatic hydroxyl groups excluding tert-OH is 1. The SMILES string of the molecule is COc1ccc(-c2nnc(SC[C@@H](O)COc3c(C)cccc3C)o2)cc1OC. The van der Waals surface area contributed by atoms with Crippen LogP contribution >= 0.6 is 11.8 Å². The van der Waals surface area contributed by atoms with E-state index in [1.807, 2.05) is 38.1 Å². The van der Waals surface area contributed by atoms with E-state index < -0.39 is 6.10 Å². The molecule has 0 saturated heterocycles. The summed E-state index contributed by atoms with van der Waals surface area (Å²) in [5.41, 5.74) is 2.81. The van der Waals surface area contributed by atoms with Gasteiger partial charge >= 0.3 is 0 Å². The summed E-state index contributed by atoms with van der Waals surface area (Å²) in [6, 6.07) is 11.3. The Balaban J connectivity index is 1.56. The van der Waals surface area contributed by atoms with Gasteiger partial charge in [0.2, 0.25) is 5.89 Å². The van der Waals surface area contributed by atoms with Crippen LogP contribution in [0.15, 0.2) is 46.0 Å². The van der Waals surface area contributed by atoms with Gasteiger partial charge in [-0.1, -0.05) is 30.0 Å². The summed E-state index contributed by atoms with van der Waals surface area (Å²) in [7, 11) is 3.15. The third-order valence-electron chi connectivity index (χ3n) is 4.26. The summed E-state index contributed by atoms with van der Waals surface area (Å²) in [5.74, 6) is 2.76. The molecule has 0 aliphatic rings. The van der Waals surface area contributed by atoms with E-state index in [0.717, 1.165) is 22.4 Å². The van der Waals surface area contributed by atoms with Crippen LogP contribution in [0.4, 0.5) is 0 Å². The first-order chi connectivity index (χ1) is 14.0. The summed E-state index contributed by atoms with van der Waals surface area (Å²) in [6.07, 6.45) is -0.671. The molecule has 0 spiro atoms. The first-order valence-corrected chi connectivity index (χ1v) is 10.1. The molecule has 0 bridgehead atoms. The van der Waals surface area contributed by atoms with Crippen LogP contribution in [-0.4, -0.2) is 48.0 Å². The van der Waals surface area contributed by atoms with Crippen molar-refractivity contribution in [3.63, 3.8) is 0 Å². The second-order valence-electron chi connectivity index (χ2n) is 6.44. The summed E-state index contributed by atoms with van der Waals surface area (Å²) < 4.78 is 22.0. The van der Waals surface area contributed by atoms with Crippen LogP contribution < -0.4 is 14.2 Å². The van der Waals surface area contributed by atoms with E-state index in [2.05, 4.69) is 10.2 Å². The molecule has 2 aromatic carbocycles. The normalized spacial score (nSPS) is 11.9. The largest absolute Gasteiger partial charge is 0.493 e. The Morgan fingerprint density at radius 3 is 2.45 bits per heavy atom. The minimum Gasteiger partial charge on any atom is -0.493 e. The molecule has 0 fully saturated rings. The Bertz CT molecular complexity index is 940. The molecule has 0 amide bonds. The van der Waals surface area contributed by atoms with Gasteiger partial charge in [0.25, 0.3) is 5.22 Å². The number of aliphatic hydroxyl groups is 1. The molecular formula is C21H24N2O5S. The third kappa shape index (κ3) is 5.21. The molecular weight excluding hydrogens is 392 g/mol. The summed E-state index contributed by atoms with van der Waals surface area (Å²) >= 11 is 1.28. The van der Waals surface area contributed by atoms with Crippen molar-refractivity contribution in [2.45, 2.75) is 25.2 Å². The maximum Gasteiger partial charge on any atom is 0.276 e. The fraction of sp³-hybridized carbons (Fsp3) is 0.333. The summed E-state index contributed by atoms with van der Waals surface area (Å²) in [4.78, 5) is 0. The molecule has 3 aromatic rings. The molecule has 0 radical (unpaired) electrons. The first kappa shape index (κ1) is 21.0. The number of nitrogens with zero attached hydrogens (tertiary/aromatic N) is 2. The molecule has 7 nitrogen and oxygen atoms in total. The molecule has 1 atom stereocenters. The van der Waals surface area contributed by atoms with Crippen molar-refractivity contribution in [3.05, 3.63) is 47.5 Å². The summed E-state index contributed by atoms with van der Waals surface area (Å²) in [5, 5.41) is 18.7. The van der Waals surface area contributed by atoms with Gasteiger partial charge in [-0.15, -0.1) is 10.2 Å². The Kier molecular flexibility index (Phi) is 7.00. The highest BCUT2D eigenvalue weighted by molar-refractivity contribution is 7.99. The van der Waals surface area contributed by atoms with Crippen LogP contribution in [0.3, 0.4) is 0 Å².